The van der Waals surface area contributed by atoms with Gasteiger partial charge in [-0.1, -0.05) is 18.5 Å². The summed E-state index contributed by atoms with van der Waals surface area (Å²) in [5.74, 6) is -0.103. The molecule has 26 heavy (non-hydrogen) atoms. The molecule has 2 heterocycles. The number of amides is 1. The van der Waals surface area contributed by atoms with Crippen molar-refractivity contribution in [2.45, 2.75) is 32.7 Å². The molecule has 1 aromatic carbocycles. The Morgan fingerprint density at radius 2 is 2.19 bits per heavy atom. The van der Waals surface area contributed by atoms with Gasteiger partial charge in [0.05, 0.1) is 18.8 Å². The number of rotatable bonds is 4. The maximum atomic E-state index is 12.9. The van der Waals surface area contributed by atoms with Crippen LogP contribution in [0, 0.1) is 5.92 Å². The van der Waals surface area contributed by atoms with Crippen LogP contribution in [0.3, 0.4) is 0 Å². The predicted octanol–water partition coefficient (Wildman–Crippen LogP) is 3.67. The molecule has 0 radical (unpaired) electrons. The second-order valence-electron chi connectivity index (χ2n) is 6.96. The third kappa shape index (κ3) is 3.71. The first-order valence-corrected chi connectivity index (χ1v) is 9.23. The van der Waals surface area contributed by atoms with E-state index in [1.54, 1.807) is 18.2 Å². The number of aromatic amines is 1. The highest BCUT2D eigenvalue weighted by Gasteiger charge is 2.28. The van der Waals surface area contributed by atoms with Crippen molar-refractivity contribution in [2.75, 3.05) is 25.5 Å². The lowest BCUT2D eigenvalue weighted by Crippen LogP contribution is -2.46. The van der Waals surface area contributed by atoms with Gasteiger partial charge in [-0.3, -0.25) is 9.69 Å². The summed E-state index contributed by atoms with van der Waals surface area (Å²) in [4.78, 5) is 30.2. The molecule has 1 aromatic heterocycles. The Hall–Kier alpha value is -2.05. The minimum Gasteiger partial charge on any atom is -0.464 e. The van der Waals surface area contributed by atoms with Gasteiger partial charge < -0.3 is 15.0 Å². The lowest BCUT2D eigenvalue weighted by molar-refractivity contribution is -0.121. The molecule has 7 heteroatoms. The quantitative estimate of drug-likeness (QED) is 0.797. The van der Waals surface area contributed by atoms with Crippen molar-refractivity contribution in [3.8, 4) is 0 Å². The third-order valence-electron chi connectivity index (χ3n) is 5.01. The van der Waals surface area contributed by atoms with Gasteiger partial charge in [0.2, 0.25) is 5.91 Å². The molecule has 1 fully saturated rings. The fourth-order valence-electron chi connectivity index (χ4n) is 3.52. The summed E-state index contributed by atoms with van der Waals surface area (Å²) in [6, 6.07) is 4.94. The number of anilines is 1. The molecule has 1 aliphatic heterocycles. The summed E-state index contributed by atoms with van der Waals surface area (Å²) in [7, 11) is 1.31. The third-order valence-corrected chi connectivity index (χ3v) is 5.25. The number of benzene rings is 1. The van der Waals surface area contributed by atoms with Gasteiger partial charge in [-0.2, -0.15) is 0 Å². The number of H-pyrrole nitrogens is 1. The molecular formula is C19H24ClN3O3. The van der Waals surface area contributed by atoms with E-state index >= 15 is 0 Å². The number of aromatic nitrogens is 1. The van der Waals surface area contributed by atoms with Gasteiger partial charge >= 0.3 is 5.97 Å². The summed E-state index contributed by atoms with van der Waals surface area (Å²) < 4.78 is 4.84. The number of piperidine rings is 1. The van der Waals surface area contributed by atoms with Crippen LogP contribution in [0.25, 0.3) is 10.9 Å². The minimum atomic E-state index is -0.535. The van der Waals surface area contributed by atoms with Gasteiger partial charge in [-0.15, -0.1) is 0 Å². The standard InChI is InChI=1S/C19H24ClN3O3/c1-11-5-4-8-23(10-11)12(2)18(24)22-16-14-9-13(20)6-7-15(14)21-17(16)19(25)26-3/h6-7,9,11-12,21H,4-5,8,10H2,1-3H3,(H,22,24)/t11-,12-/m0/s1. The summed E-state index contributed by atoms with van der Waals surface area (Å²) >= 11 is 6.10. The van der Waals surface area contributed by atoms with E-state index in [4.69, 9.17) is 16.3 Å². The minimum absolute atomic E-state index is 0.148. The highest BCUT2D eigenvalue weighted by Crippen LogP contribution is 2.31. The largest absolute Gasteiger partial charge is 0.464 e. The molecule has 0 unspecified atom stereocenters. The van der Waals surface area contributed by atoms with Gasteiger partial charge in [0.1, 0.15) is 5.69 Å². The number of carbonyl (C=O) groups is 2. The molecule has 2 aromatic rings. The Morgan fingerprint density at radius 3 is 2.88 bits per heavy atom. The van der Waals surface area contributed by atoms with E-state index in [1.807, 2.05) is 6.92 Å². The van der Waals surface area contributed by atoms with Crippen LogP contribution in [0.15, 0.2) is 18.2 Å². The number of hydrogen-bond acceptors (Lipinski definition) is 4. The van der Waals surface area contributed by atoms with Crippen LogP contribution in [0.4, 0.5) is 5.69 Å². The van der Waals surface area contributed by atoms with Crippen molar-refractivity contribution in [3.05, 3.63) is 28.9 Å². The van der Waals surface area contributed by atoms with Gasteiger partial charge in [0.25, 0.3) is 0 Å². The number of fused-ring (bicyclic) bond motifs is 1. The van der Waals surface area contributed by atoms with E-state index in [9.17, 15) is 9.59 Å². The zero-order valence-corrected chi connectivity index (χ0v) is 16.0. The molecule has 1 amide bonds. The van der Waals surface area contributed by atoms with Crippen LogP contribution in [0.1, 0.15) is 37.2 Å². The van der Waals surface area contributed by atoms with Crippen LogP contribution < -0.4 is 5.32 Å². The molecule has 0 spiro atoms. The smallest absolute Gasteiger partial charge is 0.356 e. The Morgan fingerprint density at radius 1 is 1.42 bits per heavy atom. The average Bonchev–Trinajstić information content (AvgIpc) is 2.98. The second-order valence-corrected chi connectivity index (χ2v) is 7.40. The fraction of sp³-hybridized carbons (Fsp3) is 0.474. The molecule has 2 N–H and O–H groups in total. The molecule has 0 aliphatic carbocycles. The van der Waals surface area contributed by atoms with Crippen molar-refractivity contribution < 1.29 is 14.3 Å². The van der Waals surface area contributed by atoms with E-state index in [-0.39, 0.29) is 17.6 Å². The Labute approximate surface area is 157 Å². The average molecular weight is 378 g/mol. The normalized spacial score (nSPS) is 19.3. The molecular weight excluding hydrogens is 354 g/mol. The number of carbonyl (C=O) groups excluding carboxylic acids is 2. The topological polar surface area (TPSA) is 74.4 Å². The number of hydrogen-bond donors (Lipinski definition) is 2. The number of nitrogens with one attached hydrogen (secondary N) is 2. The first kappa shape index (κ1) is 18.7. The first-order chi connectivity index (χ1) is 12.4. The van der Waals surface area contributed by atoms with Crippen molar-refractivity contribution in [3.63, 3.8) is 0 Å². The van der Waals surface area contributed by atoms with Crippen molar-refractivity contribution in [1.82, 2.24) is 9.88 Å². The summed E-state index contributed by atoms with van der Waals surface area (Å²) in [5.41, 5.74) is 1.35. The van der Waals surface area contributed by atoms with Crippen LogP contribution >= 0.6 is 11.6 Å². The molecule has 1 aliphatic rings. The molecule has 1 saturated heterocycles. The molecule has 0 saturated carbocycles. The second kappa shape index (κ2) is 7.68. The number of likely N-dealkylation sites (tertiary alicyclic amines) is 1. The monoisotopic (exact) mass is 377 g/mol. The van der Waals surface area contributed by atoms with E-state index in [1.165, 1.54) is 13.5 Å². The van der Waals surface area contributed by atoms with Gasteiger partial charge in [0, 0.05) is 22.5 Å². The highest BCUT2D eigenvalue weighted by atomic mass is 35.5. The fourth-order valence-corrected chi connectivity index (χ4v) is 3.69. The van der Waals surface area contributed by atoms with Gasteiger partial charge in [0.15, 0.2) is 0 Å². The number of esters is 1. The van der Waals surface area contributed by atoms with Crippen LogP contribution in [0.2, 0.25) is 5.02 Å². The molecule has 6 nitrogen and oxygen atoms in total. The molecule has 2 atom stereocenters. The Bertz CT molecular complexity index is 833. The van der Waals surface area contributed by atoms with Gasteiger partial charge in [-0.05, 0) is 50.4 Å². The summed E-state index contributed by atoms with van der Waals surface area (Å²) in [6.45, 7) is 5.90. The first-order valence-electron chi connectivity index (χ1n) is 8.85. The van der Waals surface area contributed by atoms with Crippen molar-refractivity contribution >= 4 is 40.1 Å². The van der Waals surface area contributed by atoms with Crippen molar-refractivity contribution in [1.29, 1.82) is 0 Å². The van der Waals surface area contributed by atoms with E-state index in [0.717, 1.165) is 19.5 Å². The Balaban J connectivity index is 1.90. The highest BCUT2D eigenvalue weighted by molar-refractivity contribution is 6.31. The maximum Gasteiger partial charge on any atom is 0.356 e. The Kier molecular flexibility index (Phi) is 5.53. The summed E-state index contributed by atoms with van der Waals surface area (Å²) in [6.07, 6.45) is 2.28. The molecule has 3 rings (SSSR count). The van der Waals surface area contributed by atoms with Gasteiger partial charge in [-0.25, -0.2) is 4.79 Å². The predicted molar refractivity (Wildman–Crippen MR) is 103 cm³/mol. The van der Waals surface area contributed by atoms with E-state index in [2.05, 4.69) is 22.1 Å². The molecule has 0 bridgehead atoms. The van der Waals surface area contributed by atoms with Crippen LogP contribution in [-0.4, -0.2) is 48.0 Å². The zero-order valence-electron chi connectivity index (χ0n) is 15.3. The number of halogens is 1. The van der Waals surface area contributed by atoms with E-state index in [0.29, 0.717) is 27.5 Å². The number of methoxy groups -OCH3 is 1. The van der Waals surface area contributed by atoms with Crippen LogP contribution in [0.5, 0.6) is 0 Å². The SMILES string of the molecule is COC(=O)c1[nH]c2ccc(Cl)cc2c1NC(=O)[C@H](C)N1CCC[C@H](C)C1. The van der Waals surface area contributed by atoms with Crippen molar-refractivity contribution in [2.24, 2.45) is 5.92 Å². The zero-order chi connectivity index (χ0) is 18.8. The molecule has 140 valence electrons. The maximum absolute atomic E-state index is 12.9. The van der Waals surface area contributed by atoms with E-state index < -0.39 is 5.97 Å². The number of nitrogens with zero attached hydrogens (tertiary/aromatic N) is 1. The number of ether oxygens (including phenoxy) is 1. The van der Waals surface area contributed by atoms with Crippen LogP contribution in [-0.2, 0) is 9.53 Å². The summed E-state index contributed by atoms with van der Waals surface area (Å²) in [5, 5.41) is 4.13. The lowest BCUT2D eigenvalue weighted by atomic mass is 9.99. The lowest BCUT2D eigenvalue weighted by Gasteiger charge is -2.34.